The standard InChI is InChI=1S/C21H25N3O4/c25-21(15-3-1-4-17(11-15)27-13-18-5-2-10-26-18)24-9-8-16(12-24)20-22-19(23-28-20)14-6-7-14/h1,3-4,11,14,16,18H,2,5-10,12-13H2/t16-,18-/m0/s1. The Kier molecular flexibility index (Phi) is 4.76. The van der Waals surface area contributed by atoms with E-state index in [1.165, 1.54) is 0 Å². The van der Waals surface area contributed by atoms with Gasteiger partial charge in [0.1, 0.15) is 12.4 Å². The Morgan fingerprint density at radius 1 is 1.21 bits per heavy atom. The van der Waals surface area contributed by atoms with Gasteiger partial charge in [-0.1, -0.05) is 11.2 Å². The van der Waals surface area contributed by atoms with E-state index in [2.05, 4.69) is 10.1 Å². The molecule has 0 bridgehead atoms. The van der Waals surface area contributed by atoms with E-state index in [1.54, 1.807) is 0 Å². The molecule has 0 radical (unpaired) electrons. The summed E-state index contributed by atoms with van der Waals surface area (Å²) in [6.07, 6.45) is 5.44. The number of rotatable bonds is 6. The van der Waals surface area contributed by atoms with Crippen LogP contribution in [0.15, 0.2) is 28.8 Å². The van der Waals surface area contributed by atoms with Crippen molar-refractivity contribution in [2.24, 2.45) is 0 Å². The summed E-state index contributed by atoms with van der Waals surface area (Å²) in [6, 6.07) is 7.41. The molecule has 7 nitrogen and oxygen atoms in total. The summed E-state index contributed by atoms with van der Waals surface area (Å²) in [5.41, 5.74) is 0.648. The summed E-state index contributed by atoms with van der Waals surface area (Å²) >= 11 is 0. The molecule has 0 N–H and O–H groups in total. The van der Waals surface area contributed by atoms with Gasteiger partial charge in [0.05, 0.1) is 12.0 Å². The van der Waals surface area contributed by atoms with Crippen LogP contribution in [0.5, 0.6) is 5.75 Å². The smallest absolute Gasteiger partial charge is 0.254 e. The minimum atomic E-state index is 0.0204. The first-order valence-electron chi connectivity index (χ1n) is 10.2. The normalized spacial score (nSPS) is 24.6. The van der Waals surface area contributed by atoms with Gasteiger partial charge in [-0.3, -0.25) is 4.79 Å². The summed E-state index contributed by atoms with van der Waals surface area (Å²) in [5.74, 6) is 2.84. The topological polar surface area (TPSA) is 77.7 Å². The van der Waals surface area contributed by atoms with Gasteiger partial charge in [-0.15, -0.1) is 0 Å². The van der Waals surface area contributed by atoms with Gasteiger partial charge in [0.15, 0.2) is 5.82 Å². The van der Waals surface area contributed by atoms with E-state index in [1.807, 2.05) is 29.2 Å². The molecule has 3 aliphatic rings. The van der Waals surface area contributed by atoms with Crippen LogP contribution in [-0.4, -0.2) is 53.4 Å². The van der Waals surface area contributed by atoms with Crippen molar-refractivity contribution in [3.8, 4) is 5.75 Å². The second-order valence-corrected chi connectivity index (χ2v) is 7.98. The van der Waals surface area contributed by atoms with E-state index in [-0.39, 0.29) is 17.9 Å². The van der Waals surface area contributed by atoms with Gasteiger partial charge in [-0.05, 0) is 50.3 Å². The van der Waals surface area contributed by atoms with Gasteiger partial charge in [-0.2, -0.15) is 4.98 Å². The molecule has 2 saturated heterocycles. The SMILES string of the molecule is O=C(c1cccc(OC[C@@H]2CCCO2)c1)N1CC[C@H](c2nc(C3CC3)no2)C1. The second kappa shape index (κ2) is 7.54. The summed E-state index contributed by atoms with van der Waals surface area (Å²) < 4.78 is 16.9. The summed E-state index contributed by atoms with van der Waals surface area (Å²) in [7, 11) is 0. The quantitative estimate of drug-likeness (QED) is 0.763. The van der Waals surface area contributed by atoms with E-state index in [0.717, 1.165) is 44.5 Å². The van der Waals surface area contributed by atoms with Crippen molar-refractivity contribution >= 4 is 5.91 Å². The third-order valence-electron chi connectivity index (χ3n) is 5.77. The van der Waals surface area contributed by atoms with Crippen LogP contribution in [0, 0.1) is 0 Å². The van der Waals surface area contributed by atoms with Gasteiger partial charge in [0.25, 0.3) is 5.91 Å². The number of aromatic nitrogens is 2. The molecular weight excluding hydrogens is 358 g/mol. The molecule has 7 heteroatoms. The predicted molar refractivity (Wildman–Crippen MR) is 100 cm³/mol. The first kappa shape index (κ1) is 17.7. The molecule has 1 aromatic carbocycles. The number of hydrogen-bond donors (Lipinski definition) is 0. The molecule has 3 fully saturated rings. The highest BCUT2D eigenvalue weighted by molar-refractivity contribution is 5.94. The Labute approximate surface area is 164 Å². The van der Waals surface area contributed by atoms with Gasteiger partial charge in [0, 0.05) is 31.2 Å². The summed E-state index contributed by atoms with van der Waals surface area (Å²) in [6.45, 7) is 2.66. The molecule has 148 valence electrons. The van der Waals surface area contributed by atoms with E-state index >= 15 is 0 Å². The number of likely N-dealkylation sites (tertiary alicyclic amines) is 1. The lowest BCUT2D eigenvalue weighted by Gasteiger charge is -2.17. The minimum absolute atomic E-state index is 0.0204. The first-order chi connectivity index (χ1) is 13.8. The van der Waals surface area contributed by atoms with Crippen molar-refractivity contribution in [1.29, 1.82) is 0 Å². The molecule has 1 amide bonds. The molecular formula is C21H25N3O4. The fraction of sp³-hybridized carbons (Fsp3) is 0.571. The van der Waals surface area contributed by atoms with Crippen LogP contribution >= 0.6 is 0 Å². The number of ether oxygens (including phenoxy) is 2. The third kappa shape index (κ3) is 3.76. The van der Waals surface area contributed by atoms with Gasteiger partial charge in [0.2, 0.25) is 5.89 Å². The third-order valence-corrected chi connectivity index (χ3v) is 5.77. The first-order valence-corrected chi connectivity index (χ1v) is 10.2. The monoisotopic (exact) mass is 383 g/mol. The Morgan fingerprint density at radius 3 is 2.96 bits per heavy atom. The summed E-state index contributed by atoms with van der Waals surface area (Å²) in [4.78, 5) is 19.4. The molecule has 5 rings (SSSR count). The van der Waals surface area contributed by atoms with Crippen molar-refractivity contribution in [2.75, 3.05) is 26.3 Å². The zero-order valence-corrected chi connectivity index (χ0v) is 15.9. The highest BCUT2D eigenvalue weighted by Crippen LogP contribution is 2.39. The van der Waals surface area contributed by atoms with Crippen molar-refractivity contribution < 1.29 is 18.8 Å². The van der Waals surface area contributed by atoms with Crippen LogP contribution < -0.4 is 4.74 Å². The number of amides is 1. The van der Waals surface area contributed by atoms with E-state index in [0.29, 0.717) is 42.8 Å². The average Bonchev–Trinajstić information content (AvgIpc) is 3.15. The highest BCUT2D eigenvalue weighted by Gasteiger charge is 2.34. The molecule has 2 aromatic rings. The lowest BCUT2D eigenvalue weighted by molar-refractivity contribution is 0.0678. The van der Waals surface area contributed by atoms with Gasteiger partial charge < -0.3 is 18.9 Å². The average molecular weight is 383 g/mol. The molecule has 28 heavy (non-hydrogen) atoms. The molecule has 1 aliphatic carbocycles. The molecule has 1 aromatic heterocycles. The maximum atomic E-state index is 12.9. The van der Waals surface area contributed by atoms with E-state index < -0.39 is 0 Å². The maximum absolute atomic E-state index is 12.9. The Morgan fingerprint density at radius 2 is 2.14 bits per heavy atom. The van der Waals surface area contributed by atoms with Crippen LogP contribution in [0.1, 0.15) is 66.0 Å². The maximum Gasteiger partial charge on any atom is 0.254 e. The number of carbonyl (C=O) groups excluding carboxylic acids is 1. The van der Waals surface area contributed by atoms with Crippen molar-refractivity contribution in [3.63, 3.8) is 0 Å². The number of nitrogens with zero attached hydrogens (tertiary/aromatic N) is 3. The van der Waals surface area contributed by atoms with Gasteiger partial charge >= 0.3 is 0 Å². The van der Waals surface area contributed by atoms with Crippen LogP contribution in [-0.2, 0) is 4.74 Å². The zero-order valence-electron chi connectivity index (χ0n) is 15.9. The minimum Gasteiger partial charge on any atom is -0.491 e. The number of hydrogen-bond acceptors (Lipinski definition) is 6. The lowest BCUT2D eigenvalue weighted by atomic mass is 10.1. The fourth-order valence-electron chi connectivity index (χ4n) is 3.93. The van der Waals surface area contributed by atoms with E-state index in [9.17, 15) is 4.79 Å². The van der Waals surface area contributed by atoms with Crippen molar-refractivity contribution in [1.82, 2.24) is 15.0 Å². The van der Waals surface area contributed by atoms with Crippen molar-refractivity contribution in [2.45, 2.75) is 50.0 Å². The Balaban J connectivity index is 1.20. The molecule has 0 spiro atoms. The number of carbonyl (C=O) groups is 1. The number of benzene rings is 1. The van der Waals surface area contributed by atoms with E-state index in [4.69, 9.17) is 14.0 Å². The largest absolute Gasteiger partial charge is 0.491 e. The summed E-state index contributed by atoms with van der Waals surface area (Å²) in [5, 5.41) is 4.10. The molecule has 2 aliphatic heterocycles. The second-order valence-electron chi connectivity index (χ2n) is 7.98. The lowest BCUT2D eigenvalue weighted by Crippen LogP contribution is -2.28. The molecule has 2 atom stereocenters. The van der Waals surface area contributed by atoms with Crippen LogP contribution in [0.25, 0.3) is 0 Å². The van der Waals surface area contributed by atoms with Crippen molar-refractivity contribution in [3.05, 3.63) is 41.5 Å². The fourth-order valence-corrected chi connectivity index (χ4v) is 3.93. The van der Waals surface area contributed by atoms with Crippen LogP contribution in [0.3, 0.4) is 0 Å². The molecule has 1 saturated carbocycles. The van der Waals surface area contributed by atoms with Crippen LogP contribution in [0.2, 0.25) is 0 Å². The Hall–Kier alpha value is -2.41. The Bertz CT molecular complexity index is 842. The zero-order chi connectivity index (χ0) is 18.9. The highest BCUT2D eigenvalue weighted by atomic mass is 16.5. The molecule has 0 unspecified atom stereocenters. The van der Waals surface area contributed by atoms with Crippen LogP contribution in [0.4, 0.5) is 0 Å². The van der Waals surface area contributed by atoms with Gasteiger partial charge in [-0.25, -0.2) is 0 Å². The predicted octanol–water partition coefficient (Wildman–Crippen LogP) is 3.13. The molecule has 3 heterocycles.